The molecular weight excluding hydrogens is 363 g/mol. The van der Waals surface area contributed by atoms with Crippen LogP contribution in [0.25, 0.3) is 0 Å². The van der Waals surface area contributed by atoms with Crippen LogP contribution < -0.4 is 10.6 Å². The molecule has 28 heavy (non-hydrogen) atoms. The van der Waals surface area contributed by atoms with E-state index in [1.54, 1.807) is 18.2 Å². The van der Waals surface area contributed by atoms with Crippen molar-refractivity contribution >= 4 is 17.8 Å². The molecule has 6 nitrogen and oxygen atoms in total. The number of carbonyl (C=O) groups is 3. The third-order valence-corrected chi connectivity index (χ3v) is 4.38. The Balaban J connectivity index is 2.17. The highest BCUT2D eigenvalue weighted by Crippen LogP contribution is 2.12. The highest BCUT2D eigenvalue weighted by molar-refractivity contribution is 5.90. The Labute approximate surface area is 162 Å². The van der Waals surface area contributed by atoms with Gasteiger partial charge in [0.1, 0.15) is 17.9 Å². The number of carboxylic acid groups (broad SMARTS) is 1. The van der Waals surface area contributed by atoms with Gasteiger partial charge in [0.25, 0.3) is 0 Å². The highest BCUT2D eigenvalue weighted by Gasteiger charge is 2.27. The monoisotopic (exact) mass is 386 g/mol. The van der Waals surface area contributed by atoms with Crippen LogP contribution in [-0.2, 0) is 27.2 Å². The van der Waals surface area contributed by atoms with Gasteiger partial charge in [0.2, 0.25) is 11.8 Å². The Morgan fingerprint density at radius 2 is 1.50 bits per heavy atom. The second-order valence-electron chi connectivity index (χ2n) is 6.58. The standard InChI is InChI=1S/C21H23FN2O4/c1-13-7-3-4-8-15(13)11-19(21(27)28)24-20(26)18(23-14(2)25)12-16-9-5-6-10-17(16)22/h3-10,18-19H,11-12H2,1-2H3,(H,23,25)(H,24,26)(H,27,28)/t18-,19-/m0/s1. The number of aryl methyl sites for hydroxylation is 1. The van der Waals surface area contributed by atoms with E-state index in [-0.39, 0.29) is 18.4 Å². The lowest BCUT2D eigenvalue weighted by Gasteiger charge is -2.22. The van der Waals surface area contributed by atoms with E-state index in [4.69, 9.17) is 0 Å². The molecule has 3 N–H and O–H groups in total. The summed E-state index contributed by atoms with van der Waals surface area (Å²) in [7, 11) is 0. The summed E-state index contributed by atoms with van der Waals surface area (Å²) < 4.78 is 13.9. The van der Waals surface area contributed by atoms with E-state index < -0.39 is 35.7 Å². The normalized spacial score (nSPS) is 12.7. The first-order valence-corrected chi connectivity index (χ1v) is 8.86. The lowest BCUT2D eigenvalue weighted by Crippen LogP contribution is -2.52. The van der Waals surface area contributed by atoms with Crippen molar-refractivity contribution in [3.8, 4) is 0 Å². The molecule has 0 radical (unpaired) electrons. The van der Waals surface area contributed by atoms with Gasteiger partial charge in [0.15, 0.2) is 0 Å². The molecule has 2 atom stereocenters. The van der Waals surface area contributed by atoms with Crippen molar-refractivity contribution < 1.29 is 23.9 Å². The van der Waals surface area contributed by atoms with E-state index in [0.717, 1.165) is 11.1 Å². The van der Waals surface area contributed by atoms with Crippen molar-refractivity contribution in [1.82, 2.24) is 10.6 Å². The number of benzene rings is 2. The summed E-state index contributed by atoms with van der Waals surface area (Å²) in [6, 6.07) is 10.9. The minimum Gasteiger partial charge on any atom is -0.480 e. The molecule has 148 valence electrons. The second-order valence-corrected chi connectivity index (χ2v) is 6.58. The third kappa shape index (κ3) is 5.90. The zero-order valence-electron chi connectivity index (χ0n) is 15.7. The average molecular weight is 386 g/mol. The first kappa shape index (κ1) is 21.1. The third-order valence-electron chi connectivity index (χ3n) is 4.38. The number of carbonyl (C=O) groups excluding carboxylic acids is 2. The van der Waals surface area contributed by atoms with Gasteiger partial charge in [-0.1, -0.05) is 42.5 Å². The van der Waals surface area contributed by atoms with Crippen molar-refractivity contribution in [2.75, 3.05) is 0 Å². The molecule has 0 aliphatic heterocycles. The van der Waals surface area contributed by atoms with Gasteiger partial charge in [-0.25, -0.2) is 9.18 Å². The van der Waals surface area contributed by atoms with Crippen molar-refractivity contribution in [3.05, 3.63) is 71.0 Å². The maximum absolute atomic E-state index is 13.9. The minimum atomic E-state index is -1.19. The molecule has 2 rings (SSSR count). The Morgan fingerprint density at radius 1 is 0.929 bits per heavy atom. The van der Waals surface area contributed by atoms with Gasteiger partial charge < -0.3 is 15.7 Å². The summed E-state index contributed by atoms with van der Waals surface area (Å²) in [6.45, 7) is 3.10. The fourth-order valence-electron chi connectivity index (χ4n) is 2.87. The molecule has 0 unspecified atom stereocenters. The summed E-state index contributed by atoms with van der Waals surface area (Å²) in [4.78, 5) is 35.8. The Hall–Kier alpha value is -3.22. The molecular formula is C21H23FN2O4. The van der Waals surface area contributed by atoms with Gasteiger partial charge in [0.05, 0.1) is 0 Å². The van der Waals surface area contributed by atoms with E-state index in [2.05, 4.69) is 10.6 Å². The van der Waals surface area contributed by atoms with Crippen molar-refractivity contribution in [2.24, 2.45) is 0 Å². The van der Waals surface area contributed by atoms with Crippen LogP contribution in [-0.4, -0.2) is 35.0 Å². The van der Waals surface area contributed by atoms with Crippen LogP contribution in [0.5, 0.6) is 0 Å². The topological polar surface area (TPSA) is 95.5 Å². The van der Waals surface area contributed by atoms with Crippen LogP contribution in [0.4, 0.5) is 4.39 Å². The molecule has 0 aromatic heterocycles. The number of nitrogens with one attached hydrogen (secondary N) is 2. The number of amides is 2. The number of rotatable bonds is 8. The van der Waals surface area contributed by atoms with Crippen LogP contribution in [0.3, 0.4) is 0 Å². The van der Waals surface area contributed by atoms with Gasteiger partial charge in [-0.2, -0.15) is 0 Å². The average Bonchev–Trinajstić information content (AvgIpc) is 2.63. The van der Waals surface area contributed by atoms with Gasteiger partial charge >= 0.3 is 5.97 Å². The first-order chi connectivity index (χ1) is 13.3. The SMILES string of the molecule is CC(=O)N[C@@H](Cc1ccccc1F)C(=O)N[C@@H](Cc1ccccc1C)C(=O)O. The molecule has 0 bridgehead atoms. The van der Waals surface area contributed by atoms with Crippen molar-refractivity contribution in [1.29, 1.82) is 0 Å². The molecule has 7 heteroatoms. The van der Waals surface area contributed by atoms with E-state index in [1.807, 2.05) is 19.1 Å². The molecule has 2 aromatic carbocycles. The largest absolute Gasteiger partial charge is 0.480 e. The molecule has 0 heterocycles. The van der Waals surface area contributed by atoms with E-state index in [0.29, 0.717) is 0 Å². The van der Waals surface area contributed by atoms with Gasteiger partial charge in [-0.15, -0.1) is 0 Å². The van der Waals surface area contributed by atoms with E-state index in [1.165, 1.54) is 25.1 Å². The van der Waals surface area contributed by atoms with Crippen molar-refractivity contribution in [3.63, 3.8) is 0 Å². The predicted molar refractivity (Wildman–Crippen MR) is 102 cm³/mol. The van der Waals surface area contributed by atoms with Crippen LogP contribution >= 0.6 is 0 Å². The summed E-state index contributed by atoms with van der Waals surface area (Å²) in [5.74, 6) is -2.84. The maximum Gasteiger partial charge on any atom is 0.326 e. The summed E-state index contributed by atoms with van der Waals surface area (Å²) in [5, 5.41) is 14.4. The lowest BCUT2D eigenvalue weighted by molar-refractivity contribution is -0.142. The number of hydrogen-bond donors (Lipinski definition) is 3. The molecule has 2 amide bonds. The Bertz CT molecular complexity index is 869. The van der Waals surface area contributed by atoms with Crippen LogP contribution in [0.15, 0.2) is 48.5 Å². The molecule has 0 aliphatic carbocycles. The molecule has 0 saturated carbocycles. The van der Waals surface area contributed by atoms with Gasteiger partial charge in [-0.05, 0) is 29.7 Å². The highest BCUT2D eigenvalue weighted by atomic mass is 19.1. The summed E-state index contributed by atoms with van der Waals surface area (Å²) >= 11 is 0. The quantitative estimate of drug-likeness (QED) is 0.647. The van der Waals surface area contributed by atoms with Gasteiger partial charge in [-0.3, -0.25) is 9.59 Å². The Kier molecular flexibility index (Phi) is 7.26. The molecule has 0 fully saturated rings. The molecule has 0 spiro atoms. The summed E-state index contributed by atoms with van der Waals surface area (Å²) in [5.41, 5.74) is 1.95. The Morgan fingerprint density at radius 3 is 2.07 bits per heavy atom. The summed E-state index contributed by atoms with van der Waals surface area (Å²) in [6.07, 6.45) is 0.00896. The van der Waals surface area contributed by atoms with E-state index in [9.17, 15) is 23.9 Å². The van der Waals surface area contributed by atoms with Crippen LogP contribution in [0.1, 0.15) is 23.6 Å². The van der Waals surface area contributed by atoms with Crippen molar-refractivity contribution in [2.45, 2.75) is 38.8 Å². The zero-order valence-corrected chi connectivity index (χ0v) is 15.7. The predicted octanol–water partition coefficient (Wildman–Crippen LogP) is 1.99. The number of aliphatic carboxylic acids is 1. The lowest BCUT2D eigenvalue weighted by atomic mass is 10.00. The maximum atomic E-state index is 13.9. The fraction of sp³-hybridized carbons (Fsp3) is 0.286. The minimum absolute atomic E-state index is 0.0885. The fourth-order valence-corrected chi connectivity index (χ4v) is 2.87. The molecule has 0 aliphatic rings. The van der Waals surface area contributed by atoms with Crippen LogP contribution in [0, 0.1) is 12.7 Å². The first-order valence-electron chi connectivity index (χ1n) is 8.86. The van der Waals surface area contributed by atoms with Gasteiger partial charge in [0, 0.05) is 19.8 Å². The number of halogens is 1. The number of carboxylic acids is 1. The smallest absolute Gasteiger partial charge is 0.326 e. The number of hydrogen-bond acceptors (Lipinski definition) is 3. The van der Waals surface area contributed by atoms with Crippen LogP contribution in [0.2, 0.25) is 0 Å². The molecule has 2 aromatic rings. The second kappa shape index (κ2) is 9.64. The zero-order chi connectivity index (χ0) is 20.7. The molecule has 0 saturated heterocycles. The van der Waals surface area contributed by atoms with E-state index >= 15 is 0 Å².